The number of amides is 2. The average Bonchev–Trinajstić information content (AvgIpc) is 3.43. The third kappa shape index (κ3) is 3.55. The van der Waals surface area contributed by atoms with E-state index in [2.05, 4.69) is 32.6 Å². The van der Waals surface area contributed by atoms with Crippen LogP contribution >= 0.6 is 11.3 Å². The summed E-state index contributed by atoms with van der Waals surface area (Å²) < 4.78 is 0. The van der Waals surface area contributed by atoms with Gasteiger partial charge in [-0.25, -0.2) is 0 Å². The van der Waals surface area contributed by atoms with Crippen LogP contribution in [0, 0.1) is 0 Å². The Bertz CT molecular complexity index is 915. The number of piperazine rings is 1. The van der Waals surface area contributed by atoms with Crippen LogP contribution < -0.4 is 10.2 Å². The number of thiophene rings is 1. The fraction of sp³-hybridized carbons (Fsp3) is 0.478. The van der Waals surface area contributed by atoms with Gasteiger partial charge in [-0.1, -0.05) is 31.0 Å². The molecule has 2 aliphatic heterocycles. The van der Waals surface area contributed by atoms with Crippen molar-refractivity contribution < 1.29 is 9.59 Å². The van der Waals surface area contributed by atoms with Crippen LogP contribution in [0.5, 0.6) is 0 Å². The summed E-state index contributed by atoms with van der Waals surface area (Å²) in [6.07, 6.45) is 3.46. The summed E-state index contributed by atoms with van der Waals surface area (Å²) in [5.41, 5.74) is 0.876. The Morgan fingerprint density at radius 3 is 2.47 bits per heavy atom. The van der Waals surface area contributed by atoms with Crippen LogP contribution in [0.1, 0.15) is 30.6 Å². The molecule has 0 bridgehead atoms. The first-order chi connectivity index (χ1) is 14.7. The van der Waals surface area contributed by atoms with Crippen LogP contribution in [0.25, 0.3) is 0 Å². The quantitative estimate of drug-likeness (QED) is 0.819. The van der Waals surface area contributed by atoms with Crippen LogP contribution in [-0.4, -0.2) is 59.9 Å². The van der Waals surface area contributed by atoms with E-state index in [4.69, 9.17) is 0 Å². The molecule has 158 valence electrons. The van der Waals surface area contributed by atoms with E-state index >= 15 is 0 Å². The molecule has 1 N–H and O–H groups in total. The fourth-order valence-electron chi connectivity index (χ4n) is 5.12. The van der Waals surface area contributed by atoms with Gasteiger partial charge in [0.05, 0.1) is 17.9 Å². The van der Waals surface area contributed by atoms with Crippen LogP contribution in [0.15, 0.2) is 41.8 Å². The van der Waals surface area contributed by atoms with E-state index in [1.165, 1.54) is 4.88 Å². The summed E-state index contributed by atoms with van der Waals surface area (Å²) in [6, 6.07) is 12.0. The number of anilines is 2. The topological polar surface area (TPSA) is 55.9 Å². The summed E-state index contributed by atoms with van der Waals surface area (Å²) >= 11 is 1.80. The number of carbonyl (C=O) groups is 2. The molecule has 1 aromatic heterocycles. The minimum absolute atomic E-state index is 0.0205. The van der Waals surface area contributed by atoms with E-state index in [1.54, 1.807) is 11.3 Å². The van der Waals surface area contributed by atoms with Crippen LogP contribution in [0.2, 0.25) is 0 Å². The number of nitrogens with zero attached hydrogens (tertiary/aromatic N) is 3. The molecule has 0 unspecified atom stereocenters. The molecule has 3 heterocycles. The predicted molar refractivity (Wildman–Crippen MR) is 120 cm³/mol. The zero-order valence-corrected chi connectivity index (χ0v) is 18.0. The zero-order valence-electron chi connectivity index (χ0n) is 17.2. The van der Waals surface area contributed by atoms with Crippen molar-refractivity contribution in [3.8, 4) is 0 Å². The molecular formula is C23H28N4O2S. The molecule has 2 fully saturated rings. The first-order valence-corrected chi connectivity index (χ1v) is 11.7. The Morgan fingerprint density at radius 2 is 1.73 bits per heavy atom. The molecule has 1 saturated heterocycles. The first-order valence-electron chi connectivity index (χ1n) is 10.9. The Labute approximate surface area is 181 Å². The standard InChI is InChI=1S/C23H28N4O2S/c28-21(17-26-13-11-25(12-14-26)16-18-6-5-15-30-18)27-20-8-2-1-7-19(20)24-22(29)23(27)9-3-4-10-23/h1-2,5-8,15H,3-4,9-14,16-17H2,(H,24,29). The SMILES string of the molecule is O=C(CN1CCN(Cc2cccs2)CC1)N1c2ccccc2NC(=O)C12CCCC2. The van der Waals surface area contributed by atoms with E-state index in [1.807, 2.05) is 29.2 Å². The minimum Gasteiger partial charge on any atom is -0.322 e. The maximum Gasteiger partial charge on any atom is 0.250 e. The van der Waals surface area contributed by atoms with Crippen molar-refractivity contribution in [2.45, 2.75) is 37.8 Å². The highest BCUT2D eigenvalue weighted by atomic mass is 32.1. The molecule has 2 amide bonds. The minimum atomic E-state index is -0.716. The molecule has 7 heteroatoms. The molecule has 3 aliphatic rings. The number of nitrogens with one attached hydrogen (secondary N) is 1. The maximum atomic E-state index is 13.6. The fourth-order valence-corrected chi connectivity index (χ4v) is 5.87. The second-order valence-electron chi connectivity index (χ2n) is 8.57. The molecule has 6 nitrogen and oxygen atoms in total. The number of benzene rings is 1. The summed E-state index contributed by atoms with van der Waals surface area (Å²) in [6.45, 7) is 5.05. The Morgan fingerprint density at radius 1 is 1.00 bits per heavy atom. The molecule has 2 aromatic rings. The third-order valence-electron chi connectivity index (χ3n) is 6.71. The van der Waals surface area contributed by atoms with Gasteiger partial charge < -0.3 is 5.32 Å². The van der Waals surface area contributed by atoms with Crippen molar-refractivity contribution in [1.29, 1.82) is 0 Å². The van der Waals surface area contributed by atoms with Crippen molar-refractivity contribution >= 4 is 34.5 Å². The van der Waals surface area contributed by atoms with Gasteiger partial charge in [-0.3, -0.25) is 24.3 Å². The molecule has 1 spiro atoms. The van der Waals surface area contributed by atoms with E-state index in [0.717, 1.165) is 69.8 Å². The maximum absolute atomic E-state index is 13.6. The molecule has 0 atom stereocenters. The largest absolute Gasteiger partial charge is 0.322 e. The van der Waals surface area contributed by atoms with Crippen molar-refractivity contribution in [2.24, 2.45) is 0 Å². The molecule has 0 radical (unpaired) electrons. The van der Waals surface area contributed by atoms with Crippen LogP contribution in [0.3, 0.4) is 0 Å². The third-order valence-corrected chi connectivity index (χ3v) is 7.57. The number of para-hydroxylation sites is 2. The highest BCUT2D eigenvalue weighted by Gasteiger charge is 2.52. The highest BCUT2D eigenvalue weighted by Crippen LogP contribution is 2.45. The van der Waals surface area contributed by atoms with Gasteiger partial charge in [-0.2, -0.15) is 0 Å². The van der Waals surface area contributed by atoms with Gasteiger partial charge in [-0.15, -0.1) is 11.3 Å². The lowest BCUT2D eigenvalue weighted by molar-refractivity contribution is -0.128. The number of hydrogen-bond donors (Lipinski definition) is 1. The van der Waals surface area contributed by atoms with Gasteiger partial charge in [-0.05, 0) is 36.4 Å². The van der Waals surface area contributed by atoms with Crippen molar-refractivity contribution in [3.63, 3.8) is 0 Å². The molecular weight excluding hydrogens is 396 g/mol. The van der Waals surface area contributed by atoms with E-state index < -0.39 is 5.54 Å². The highest BCUT2D eigenvalue weighted by molar-refractivity contribution is 7.09. The normalized spacial score (nSPS) is 21.6. The first kappa shape index (κ1) is 19.7. The Kier molecular flexibility index (Phi) is 5.35. The lowest BCUT2D eigenvalue weighted by Gasteiger charge is -2.45. The number of rotatable bonds is 4. The van der Waals surface area contributed by atoms with Gasteiger partial charge >= 0.3 is 0 Å². The van der Waals surface area contributed by atoms with Crippen molar-refractivity contribution in [3.05, 3.63) is 46.7 Å². The van der Waals surface area contributed by atoms with Gasteiger partial charge in [0.15, 0.2) is 0 Å². The average molecular weight is 425 g/mol. The molecule has 1 aliphatic carbocycles. The van der Waals surface area contributed by atoms with Crippen molar-refractivity contribution in [1.82, 2.24) is 9.80 Å². The smallest absolute Gasteiger partial charge is 0.250 e. The summed E-state index contributed by atoms with van der Waals surface area (Å²) in [5.74, 6) is 0.0266. The summed E-state index contributed by atoms with van der Waals surface area (Å²) in [5, 5.41) is 5.18. The predicted octanol–water partition coefficient (Wildman–Crippen LogP) is 3.16. The summed E-state index contributed by atoms with van der Waals surface area (Å²) in [4.78, 5) is 34.5. The number of fused-ring (bicyclic) bond motifs is 1. The molecule has 30 heavy (non-hydrogen) atoms. The van der Waals surface area contributed by atoms with Gasteiger partial charge in [0.2, 0.25) is 5.91 Å². The Balaban J connectivity index is 1.29. The number of hydrogen-bond acceptors (Lipinski definition) is 5. The zero-order chi connectivity index (χ0) is 20.6. The van der Waals surface area contributed by atoms with Gasteiger partial charge in [0.25, 0.3) is 5.91 Å². The van der Waals surface area contributed by atoms with E-state index in [9.17, 15) is 9.59 Å². The van der Waals surface area contributed by atoms with Crippen LogP contribution in [-0.2, 0) is 16.1 Å². The number of carbonyl (C=O) groups excluding carboxylic acids is 2. The lowest BCUT2D eigenvalue weighted by atomic mass is 9.89. The lowest BCUT2D eigenvalue weighted by Crippen LogP contribution is -2.62. The van der Waals surface area contributed by atoms with Crippen LogP contribution in [0.4, 0.5) is 11.4 Å². The Hall–Kier alpha value is -2.22. The monoisotopic (exact) mass is 424 g/mol. The second-order valence-corrected chi connectivity index (χ2v) is 9.60. The van der Waals surface area contributed by atoms with Gasteiger partial charge in [0.1, 0.15) is 5.54 Å². The molecule has 1 saturated carbocycles. The van der Waals surface area contributed by atoms with E-state index in [-0.39, 0.29) is 11.8 Å². The molecule has 1 aromatic carbocycles. The second kappa shape index (κ2) is 8.13. The summed E-state index contributed by atoms with van der Waals surface area (Å²) in [7, 11) is 0. The van der Waals surface area contributed by atoms with E-state index in [0.29, 0.717) is 6.54 Å². The van der Waals surface area contributed by atoms with Gasteiger partial charge in [0, 0.05) is 37.6 Å². The molecule has 5 rings (SSSR count). The van der Waals surface area contributed by atoms with Crippen molar-refractivity contribution in [2.75, 3.05) is 42.9 Å².